The van der Waals surface area contributed by atoms with E-state index >= 15 is 0 Å². The molecule has 0 spiro atoms. The minimum absolute atomic E-state index is 0.260. The molecule has 0 amide bonds. The van der Waals surface area contributed by atoms with Gasteiger partial charge in [-0.2, -0.15) is 17.5 Å². The van der Waals surface area contributed by atoms with E-state index in [1.165, 1.54) is 10.6 Å². The molecule has 12 heteroatoms. The molecule has 0 aromatic carbocycles. The molecule has 0 N–H and O–H groups in total. The predicted molar refractivity (Wildman–Crippen MR) is 128 cm³/mol. The monoisotopic (exact) mass is 523 g/mol. The number of ether oxygens (including phenoxy) is 1. The number of piperidine rings is 1. The lowest BCUT2D eigenvalue weighted by molar-refractivity contribution is -0.138. The first-order valence-corrected chi connectivity index (χ1v) is 13.7. The van der Waals surface area contributed by atoms with Crippen molar-refractivity contribution in [2.24, 2.45) is 5.92 Å². The maximum absolute atomic E-state index is 12.8. The zero-order valence-corrected chi connectivity index (χ0v) is 20.9. The van der Waals surface area contributed by atoms with Crippen molar-refractivity contribution in [2.75, 3.05) is 37.3 Å². The van der Waals surface area contributed by atoms with Gasteiger partial charge in [0.2, 0.25) is 16.0 Å². The van der Waals surface area contributed by atoms with E-state index in [1.807, 2.05) is 17.0 Å². The molecule has 0 unspecified atom stereocenters. The van der Waals surface area contributed by atoms with E-state index in [-0.39, 0.29) is 5.92 Å². The number of hydrogen-bond acceptors (Lipinski definition) is 7. The highest BCUT2D eigenvalue weighted by molar-refractivity contribution is 7.88. The quantitative estimate of drug-likeness (QED) is 0.606. The van der Waals surface area contributed by atoms with Gasteiger partial charge in [0.1, 0.15) is 11.4 Å². The van der Waals surface area contributed by atoms with Crippen molar-refractivity contribution in [1.29, 1.82) is 0 Å². The fraction of sp³-hybridized carbons (Fsp3) is 0.542. The molecule has 0 bridgehead atoms. The molecule has 1 saturated heterocycles. The first-order chi connectivity index (χ1) is 16.9. The van der Waals surface area contributed by atoms with Crippen molar-refractivity contribution in [3.8, 4) is 5.75 Å². The Labute approximate surface area is 208 Å². The van der Waals surface area contributed by atoms with Crippen LogP contribution in [0.5, 0.6) is 5.75 Å². The van der Waals surface area contributed by atoms with Crippen LogP contribution in [0.2, 0.25) is 0 Å². The van der Waals surface area contributed by atoms with E-state index in [0.29, 0.717) is 38.5 Å². The van der Waals surface area contributed by atoms with Crippen molar-refractivity contribution < 1.29 is 26.3 Å². The van der Waals surface area contributed by atoms with Crippen molar-refractivity contribution in [3.05, 3.63) is 47.6 Å². The SMILES string of the molecule is C[C@@]1(C2CCN(c3ncc(C(F)(F)F)cn3)CC2)Cc2cc(C3=CCN(S(C)(=O)=O)CC3)ncc2O1. The molecule has 0 radical (unpaired) electrons. The lowest BCUT2D eigenvalue weighted by Gasteiger charge is -2.40. The molecule has 8 nitrogen and oxygen atoms in total. The Bertz CT molecular complexity index is 1270. The number of hydrogen-bond donors (Lipinski definition) is 0. The van der Waals surface area contributed by atoms with Gasteiger partial charge in [0.05, 0.1) is 23.7 Å². The molecular formula is C24H28F3N5O3S. The summed E-state index contributed by atoms with van der Waals surface area (Å²) >= 11 is 0. The number of pyridine rings is 1. The van der Waals surface area contributed by atoms with Gasteiger partial charge in [0.25, 0.3) is 0 Å². The van der Waals surface area contributed by atoms with E-state index in [9.17, 15) is 21.6 Å². The second-order valence-electron chi connectivity index (χ2n) is 9.90. The highest BCUT2D eigenvalue weighted by Gasteiger charge is 2.44. The van der Waals surface area contributed by atoms with Crippen LogP contribution in [0.25, 0.3) is 5.57 Å². The Kier molecular flexibility index (Phi) is 6.22. The van der Waals surface area contributed by atoms with Crippen molar-refractivity contribution >= 4 is 21.5 Å². The molecule has 36 heavy (non-hydrogen) atoms. The van der Waals surface area contributed by atoms with Crippen LogP contribution in [0.4, 0.5) is 19.1 Å². The molecule has 2 aromatic heterocycles. The summed E-state index contributed by atoms with van der Waals surface area (Å²) in [6, 6.07) is 2.05. The number of aromatic nitrogens is 3. The Balaban J connectivity index is 1.22. The van der Waals surface area contributed by atoms with E-state index in [2.05, 4.69) is 21.9 Å². The standard InChI is InChI=1S/C24H28F3N5O3S/c1-23(18-5-7-31(8-6-18)22-29-13-19(14-30-22)24(25,26)27)12-17-11-20(28-15-21(17)35-23)16-3-9-32(10-4-16)36(2,33)34/h3,11,13-15,18H,4-10,12H2,1-2H3/t23-/m0/s1. The maximum Gasteiger partial charge on any atom is 0.419 e. The van der Waals surface area contributed by atoms with Crippen LogP contribution in [-0.4, -0.2) is 65.7 Å². The number of halogens is 3. The van der Waals surface area contributed by atoms with Gasteiger partial charge < -0.3 is 9.64 Å². The number of fused-ring (bicyclic) bond motifs is 1. The third kappa shape index (κ3) is 4.93. The highest BCUT2D eigenvalue weighted by Crippen LogP contribution is 2.43. The van der Waals surface area contributed by atoms with Gasteiger partial charge in [-0.15, -0.1) is 0 Å². The normalized spacial score (nSPS) is 23.8. The molecule has 5 rings (SSSR count). The first kappa shape index (κ1) is 24.9. The van der Waals surface area contributed by atoms with Crippen molar-refractivity contribution in [2.45, 2.75) is 44.4 Å². The molecule has 3 aliphatic heterocycles. The van der Waals surface area contributed by atoms with E-state index < -0.39 is 27.4 Å². The zero-order valence-electron chi connectivity index (χ0n) is 20.1. The van der Waals surface area contributed by atoms with Crippen molar-refractivity contribution in [3.63, 3.8) is 0 Å². The average Bonchev–Trinajstić information content (AvgIpc) is 3.20. The van der Waals surface area contributed by atoms with Crippen LogP contribution in [0.15, 0.2) is 30.7 Å². The zero-order chi connectivity index (χ0) is 25.7. The third-order valence-corrected chi connectivity index (χ3v) is 8.68. The van der Waals surface area contributed by atoms with E-state index in [1.54, 1.807) is 6.20 Å². The molecule has 0 saturated carbocycles. The molecular weight excluding hydrogens is 495 g/mol. The van der Waals surface area contributed by atoms with Crippen LogP contribution >= 0.6 is 0 Å². The minimum Gasteiger partial charge on any atom is -0.485 e. The largest absolute Gasteiger partial charge is 0.485 e. The number of nitrogens with zero attached hydrogens (tertiary/aromatic N) is 5. The fourth-order valence-electron chi connectivity index (χ4n) is 5.29. The molecule has 1 fully saturated rings. The van der Waals surface area contributed by atoms with Crippen LogP contribution in [0.3, 0.4) is 0 Å². The third-order valence-electron chi connectivity index (χ3n) is 7.41. The fourth-order valence-corrected chi connectivity index (χ4v) is 6.06. The Hall–Kier alpha value is -2.73. The number of anilines is 1. The minimum atomic E-state index is -4.45. The van der Waals surface area contributed by atoms with Gasteiger partial charge >= 0.3 is 6.18 Å². The molecule has 3 aliphatic rings. The summed E-state index contributed by atoms with van der Waals surface area (Å²) in [4.78, 5) is 14.3. The maximum atomic E-state index is 12.8. The van der Waals surface area contributed by atoms with Crippen LogP contribution in [-0.2, 0) is 22.6 Å². The highest BCUT2D eigenvalue weighted by atomic mass is 32.2. The van der Waals surface area contributed by atoms with Gasteiger partial charge in [-0.05, 0) is 37.8 Å². The van der Waals surface area contributed by atoms with Crippen LogP contribution in [0.1, 0.15) is 43.0 Å². The lowest BCUT2D eigenvalue weighted by atomic mass is 9.79. The number of sulfonamides is 1. The summed E-state index contributed by atoms with van der Waals surface area (Å²) < 4.78 is 69.7. The Morgan fingerprint density at radius 3 is 2.36 bits per heavy atom. The smallest absolute Gasteiger partial charge is 0.419 e. The van der Waals surface area contributed by atoms with E-state index in [0.717, 1.165) is 54.2 Å². The van der Waals surface area contributed by atoms with Crippen molar-refractivity contribution in [1.82, 2.24) is 19.3 Å². The van der Waals surface area contributed by atoms with Crippen LogP contribution in [0, 0.1) is 5.92 Å². The van der Waals surface area contributed by atoms with Gasteiger partial charge in [-0.25, -0.2) is 18.4 Å². The second kappa shape index (κ2) is 8.98. The van der Waals surface area contributed by atoms with E-state index in [4.69, 9.17) is 4.74 Å². The number of alkyl halides is 3. The van der Waals surface area contributed by atoms with Gasteiger partial charge in [0.15, 0.2) is 0 Å². The van der Waals surface area contributed by atoms with Gasteiger partial charge in [-0.3, -0.25) is 4.98 Å². The summed E-state index contributed by atoms with van der Waals surface area (Å²) in [6.45, 7) is 4.17. The Morgan fingerprint density at radius 2 is 1.78 bits per heavy atom. The van der Waals surface area contributed by atoms with Crippen LogP contribution < -0.4 is 9.64 Å². The molecule has 2 aromatic rings. The summed E-state index contributed by atoms with van der Waals surface area (Å²) in [5.74, 6) is 1.34. The molecule has 0 aliphatic carbocycles. The second-order valence-corrected chi connectivity index (χ2v) is 11.9. The molecule has 1 atom stereocenters. The first-order valence-electron chi connectivity index (χ1n) is 11.9. The predicted octanol–water partition coefficient (Wildman–Crippen LogP) is 3.55. The Morgan fingerprint density at radius 1 is 1.08 bits per heavy atom. The molecule has 5 heterocycles. The summed E-state index contributed by atoms with van der Waals surface area (Å²) in [5.41, 5.74) is 1.72. The summed E-state index contributed by atoms with van der Waals surface area (Å²) in [7, 11) is -3.21. The van der Waals surface area contributed by atoms with Gasteiger partial charge in [0, 0.05) is 56.5 Å². The lowest BCUT2D eigenvalue weighted by Crippen LogP contribution is -2.46. The average molecular weight is 524 g/mol. The number of rotatable bonds is 4. The topological polar surface area (TPSA) is 88.5 Å². The molecule has 194 valence electrons. The summed E-state index contributed by atoms with van der Waals surface area (Å²) in [5, 5.41) is 0. The summed E-state index contributed by atoms with van der Waals surface area (Å²) in [6.07, 6.45) is 5.08. The van der Waals surface area contributed by atoms with Gasteiger partial charge in [-0.1, -0.05) is 6.08 Å².